The highest BCUT2D eigenvalue weighted by molar-refractivity contribution is 8.19. The van der Waals surface area contributed by atoms with Crippen molar-refractivity contribution in [3.63, 3.8) is 0 Å². The van der Waals surface area contributed by atoms with E-state index in [1.165, 1.54) is 4.90 Å². The summed E-state index contributed by atoms with van der Waals surface area (Å²) in [6, 6.07) is 16.4. The Balaban J connectivity index is 1.75. The summed E-state index contributed by atoms with van der Waals surface area (Å²) in [6.45, 7) is 3.93. The number of benzene rings is 2. The number of methoxy groups -OCH3 is 1. The first kappa shape index (κ1) is 20.3. The third kappa shape index (κ3) is 3.53. The maximum Gasteiger partial charge on any atom is 0.298 e. The van der Waals surface area contributed by atoms with Crippen LogP contribution in [0.1, 0.15) is 17.0 Å². The predicted octanol–water partition coefficient (Wildman–Crippen LogP) is 6.00. The maximum absolute atomic E-state index is 12.9. The minimum absolute atomic E-state index is 0.303. The fourth-order valence-corrected chi connectivity index (χ4v) is 4.55. The minimum atomic E-state index is -0.318. The molecule has 0 aliphatic carbocycles. The number of carbonyl (C=O) groups is 2. The van der Waals surface area contributed by atoms with Gasteiger partial charge in [-0.25, -0.2) is 4.90 Å². The fourth-order valence-electron chi connectivity index (χ4n) is 3.55. The summed E-state index contributed by atoms with van der Waals surface area (Å²) in [5.74, 6) is 0.374. The second-order valence-electron chi connectivity index (χ2n) is 6.83. The number of thioether (sulfide) groups is 1. The molecule has 1 saturated heterocycles. The number of carbonyl (C=O) groups excluding carboxylic acids is 2. The van der Waals surface area contributed by atoms with Crippen molar-refractivity contribution >= 4 is 46.3 Å². The first-order chi connectivity index (χ1) is 14.4. The van der Waals surface area contributed by atoms with E-state index in [1.807, 2.05) is 42.7 Å². The summed E-state index contributed by atoms with van der Waals surface area (Å²) in [4.78, 5) is 27.0. The van der Waals surface area contributed by atoms with E-state index in [0.717, 1.165) is 34.4 Å². The zero-order valence-corrected chi connectivity index (χ0v) is 18.3. The normalized spacial score (nSPS) is 15.3. The molecule has 3 aromatic rings. The summed E-state index contributed by atoms with van der Waals surface area (Å²) >= 11 is 7.15. The van der Waals surface area contributed by atoms with Crippen molar-refractivity contribution in [3.05, 3.63) is 81.5 Å². The largest absolute Gasteiger partial charge is 0.495 e. The van der Waals surface area contributed by atoms with Crippen LogP contribution in [0.25, 0.3) is 11.8 Å². The van der Waals surface area contributed by atoms with Crippen LogP contribution in [0, 0.1) is 13.8 Å². The van der Waals surface area contributed by atoms with Crippen LogP contribution in [0.4, 0.5) is 10.5 Å². The molecule has 2 aromatic carbocycles. The van der Waals surface area contributed by atoms with Crippen LogP contribution in [0.5, 0.6) is 5.75 Å². The van der Waals surface area contributed by atoms with Gasteiger partial charge in [0.15, 0.2) is 0 Å². The van der Waals surface area contributed by atoms with Crippen LogP contribution in [-0.2, 0) is 4.79 Å². The lowest BCUT2D eigenvalue weighted by molar-refractivity contribution is -0.113. The van der Waals surface area contributed by atoms with E-state index in [0.29, 0.717) is 21.4 Å². The van der Waals surface area contributed by atoms with Crippen molar-refractivity contribution in [2.75, 3.05) is 12.0 Å². The highest BCUT2D eigenvalue weighted by Gasteiger charge is 2.36. The number of imide groups is 1. The molecule has 2 heterocycles. The maximum atomic E-state index is 12.9. The molecule has 30 heavy (non-hydrogen) atoms. The van der Waals surface area contributed by atoms with E-state index in [4.69, 9.17) is 16.3 Å². The van der Waals surface area contributed by atoms with Gasteiger partial charge in [-0.05, 0) is 73.6 Å². The minimum Gasteiger partial charge on any atom is -0.495 e. The van der Waals surface area contributed by atoms with Crippen LogP contribution in [0.15, 0.2) is 59.5 Å². The van der Waals surface area contributed by atoms with E-state index in [2.05, 4.69) is 0 Å². The van der Waals surface area contributed by atoms with Gasteiger partial charge >= 0.3 is 0 Å². The van der Waals surface area contributed by atoms with Crippen LogP contribution in [0.3, 0.4) is 0 Å². The second-order valence-corrected chi connectivity index (χ2v) is 8.26. The third-order valence-corrected chi connectivity index (χ3v) is 6.05. The Kier molecular flexibility index (Phi) is 5.45. The van der Waals surface area contributed by atoms with E-state index >= 15 is 0 Å². The predicted molar refractivity (Wildman–Crippen MR) is 122 cm³/mol. The molecule has 0 unspecified atom stereocenters. The SMILES string of the molecule is COc1ccc(Cl)cc1-n1c(C)cc(/C=C2/SC(=O)N(c3ccccc3)C2=O)c1C. The van der Waals surface area contributed by atoms with Crippen molar-refractivity contribution in [2.24, 2.45) is 0 Å². The summed E-state index contributed by atoms with van der Waals surface area (Å²) in [5, 5.41) is 0.298. The Hall–Kier alpha value is -2.96. The molecule has 0 atom stereocenters. The number of anilines is 1. The number of halogens is 1. The number of para-hydroxylation sites is 1. The number of nitrogens with zero attached hydrogens (tertiary/aromatic N) is 2. The molecule has 5 nitrogen and oxygen atoms in total. The molecule has 1 fully saturated rings. The Bertz CT molecular complexity index is 1180. The summed E-state index contributed by atoms with van der Waals surface area (Å²) < 4.78 is 7.52. The van der Waals surface area contributed by atoms with Crippen molar-refractivity contribution in [1.29, 1.82) is 0 Å². The molecule has 4 rings (SSSR count). The number of hydrogen-bond acceptors (Lipinski definition) is 4. The first-order valence-corrected chi connectivity index (χ1v) is 10.5. The molecule has 1 aliphatic rings. The number of hydrogen-bond donors (Lipinski definition) is 0. The molecule has 1 aliphatic heterocycles. The van der Waals surface area contributed by atoms with Crippen molar-refractivity contribution < 1.29 is 14.3 Å². The fraction of sp³-hybridized carbons (Fsp3) is 0.130. The van der Waals surface area contributed by atoms with Gasteiger partial charge in [0.1, 0.15) is 5.75 Å². The molecular weight excluding hydrogens is 420 g/mol. The van der Waals surface area contributed by atoms with Crippen LogP contribution >= 0.6 is 23.4 Å². The number of aromatic nitrogens is 1. The topological polar surface area (TPSA) is 51.5 Å². The lowest BCUT2D eigenvalue weighted by atomic mass is 10.2. The second kappa shape index (κ2) is 8.05. The average Bonchev–Trinajstić information content (AvgIpc) is 3.17. The van der Waals surface area contributed by atoms with Crippen molar-refractivity contribution in [3.8, 4) is 11.4 Å². The lowest BCUT2D eigenvalue weighted by Crippen LogP contribution is -2.27. The quantitative estimate of drug-likeness (QED) is 0.469. The van der Waals surface area contributed by atoms with Crippen LogP contribution in [-0.4, -0.2) is 22.8 Å². The van der Waals surface area contributed by atoms with E-state index in [9.17, 15) is 9.59 Å². The monoisotopic (exact) mass is 438 g/mol. The molecule has 2 amide bonds. The van der Waals surface area contributed by atoms with Gasteiger partial charge in [-0.15, -0.1) is 0 Å². The third-order valence-electron chi connectivity index (χ3n) is 4.95. The summed E-state index contributed by atoms with van der Waals surface area (Å²) in [6.07, 6.45) is 1.77. The summed E-state index contributed by atoms with van der Waals surface area (Å²) in [5.41, 5.74) is 4.11. The zero-order chi connectivity index (χ0) is 21.4. The number of rotatable bonds is 4. The number of aryl methyl sites for hydroxylation is 1. The Morgan fingerprint density at radius 3 is 2.47 bits per heavy atom. The molecule has 0 spiro atoms. The highest BCUT2D eigenvalue weighted by Crippen LogP contribution is 2.37. The van der Waals surface area contributed by atoms with E-state index in [-0.39, 0.29) is 11.1 Å². The zero-order valence-electron chi connectivity index (χ0n) is 16.7. The molecule has 0 radical (unpaired) electrons. The van der Waals surface area contributed by atoms with Gasteiger partial charge < -0.3 is 9.30 Å². The van der Waals surface area contributed by atoms with Gasteiger partial charge in [-0.3, -0.25) is 9.59 Å². The van der Waals surface area contributed by atoms with E-state index < -0.39 is 0 Å². The average molecular weight is 439 g/mol. The number of ether oxygens (including phenoxy) is 1. The van der Waals surface area contributed by atoms with Crippen LogP contribution in [0.2, 0.25) is 5.02 Å². The molecule has 0 saturated carbocycles. The molecule has 0 N–H and O–H groups in total. The molecular formula is C23H19ClN2O3S. The van der Waals surface area contributed by atoms with Gasteiger partial charge in [0.25, 0.3) is 11.1 Å². The van der Waals surface area contributed by atoms with Crippen molar-refractivity contribution in [1.82, 2.24) is 4.57 Å². The molecule has 0 bridgehead atoms. The van der Waals surface area contributed by atoms with Crippen LogP contribution < -0.4 is 9.64 Å². The Morgan fingerprint density at radius 1 is 1.03 bits per heavy atom. The van der Waals surface area contributed by atoms with Gasteiger partial charge in [0.2, 0.25) is 0 Å². The standard InChI is InChI=1S/C23H19ClN2O3S/c1-14-11-16(15(2)25(14)19-13-17(24)9-10-20(19)29-3)12-21-22(27)26(23(28)30-21)18-7-5-4-6-8-18/h4-13H,1-3H3/b21-12+. The van der Waals surface area contributed by atoms with Crippen molar-refractivity contribution in [2.45, 2.75) is 13.8 Å². The highest BCUT2D eigenvalue weighted by atomic mass is 35.5. The molecule has 152 valence electrons. The lowest BCUT2D eigenvalue weighted by Gasteiger charge is -2.14. The van der Waals surface area contributed by atoms with Gasteiger partial charge in [0, 0.05) is 16.4 Å². The first-order valence-electron chi connectivity index (χ1n) is 9.26. The smallest absolute Gasteiger partial charge is 0.298 e. The summed E-state index contributed by atoms with van der Waals surface area (Å²) in [7, 11) is 1.61. The van der Waals surface area contributed by atoms with Gasteiger partial charge in [-0.2, -0.15) is 0 Å². The number of amides is 2. The Morgan fingerprint density at radius 2 is 1.77 bits per heavy atom. The molecule has 1 aromatic heterocycles. The van der Waals surface area contributed by atoms with Gasteiger partial charge in [0.05, 0.1) is 23.4 Å². The van der Waals surface area contributed by atoms with E-state index in [1.54, 1.807) is 43.5 Å². The van der Waals surface area contributed by atoms with Gasteiger partial charge in [-0.1, -0.05) is 29.8 Å². The Labute approximate surface area is 183 Å². The molecule has 7 heteroatoms.